The molecule has 2 aromatic rings. The van der Waals surface area contributed by atoms with Gasteiger partial charge in [-0.3, -0.25) is 9.48 Å². The van der Waals surface area contributed by atoms with Crippen molar-refractivity contribution in [1.82, 2.24) is 24.6 Å². The Hall–Kier alpha value is -2.82. The number of carbonyl (C=O) groups is 1. The van der Waals surface area contributed by atoms with E-state index in [1.54, 1.807) is 35.1 Å². The first-order valence-corrected chi connectivity index (χ1v) is 10.6. The van der Waals surface area contributed by atoms with Gasteiger partial charge in [0.25, 0.3) is 5.92 Å². The molecule has 2 saturated heterocycles. The molecular weight excluding hydrogens is 408 g/mol. The van der Waals surface area contributed by atoms with Gasteiger partial charge in [0.1, 0.15) is 11.7 Å². The van der Waals surface area contributed by atoms with Crippen molar-refractivity contribution >= 4 is 23.4 Å². The molecule has 5 rings (SSSR count). The molecule has 0 aromatic carbocycles. The third kappa shape index (κ3) is 3.93. The molecule has 31 heavy (non-hydrogen) atoms. The van der Waals surface area contributed by atoms with E-state index in [-0.39, 0.29) is 18.5 Å². The van der Waals surface area contributed by atoms with Crippen LogP contribution in [-0.2, 0) is 11.3 Å². The van der Waals surface area contributed by atoms with E-state index in [0.717, 1.165) is 18.7 Å². The number of halogens is 2. The molecule has 0 spiro atoms. The fraction of sp³-hybridized carbons (Fsp3) is 0.600. The maximum Gasteiger partial charge on any atom is 0.260 e. The van der Waals surface area contributed by atoms with Gasteiger partial charge in [-0.15, -0.1) is 0 Å². The Morgan fingerprint density at radius 3 is 2.71 bits per heavy atom. The molecule has 2 aliphatic heterocycles. The standard InChI is InChI=1S/C20H25F2N7O2/c1-12(30)8-28-9-13(7-24-28)25-19-23-5-4-17(26-19)27-10-14-2-3-15(11-27)29(14)18(31)16-6-20(16,21)22/h4-5,7,9,12,14-16,30H,2-3,6,8,10-11H2,1H3,(H,23,25,26)/t12-,14-,15+,16-/m0/s1. The summed E-state index contributed by atoms with van der Waals surface area (Å²) >= 11 is 0. The smallest absolute Gasteiger partial charge is 0.260 e. The molecule has 3 aliphatic rings. The first-order chi connectivity index (χ1) is 14.8. The number of aliphatic hydroxyl groups excluding tert-OH is 1. The zero-order valence-electron chi connectivity index (χ0n) is 17.2. The predicted octanol–water partition coefficient (Wildman–Crippen LogP) is 1.63. The maximum atomic E-state index is 13.4. The molecule has 1 aliphatic carbocycles. The molecule has 3 fully saturated rings. The average Bonchev–Trinajstić information content (AvgIpc) is 3.00. The van der Waals surface area contributed by atoms with Gasteiger partial charge in [-0.25, -0.2) is 13.8 Å². The van der Waals surface area contributed by atoms with Crippen LogP contribution in [0.5, 0.6) is 0 Å². The van der Waals surface area contributed by atoms with E-state index >= 15 is 0 Å². The second-order valence-electron chi connectivity index (χ2n) is 8.72. The van der Waals surface area contributed by atoms with Crippen molar-refractivity contribution in [2.75, 3.05) is 23.3 Å². The summed E-state index contributed by atoms with van der Waals surface area (Å²) in [6.07, 6.45) is 5.89. The highest BCUT2D eigenvalue weighted by atomic mass is 19.3. The van der Waals surface area contributed by atoms with Crippen LogP contribution >= 0.6 is 0 Å². The van der Waals surface area contributed by atoms with Crippen LogP contribution in [0.2, 0.25) is 0 Å². The second kappa shape index (κ2) is 7.40. The molecule has 1 saturated carbocycles. The van der Waals surface area contributed by atoms with E-state index in [1.165, 1.54) is 0 Å². The summed E-state index contributed by atoms with van der Waals surface area (Å²) in [4.78, 5) is 25.2. The SMILES string of the molecule is C[C@H](O)Cn1cc(Nc2nccc(N3C[C@H]4CC[C@@H](C3)N4C(=O)[C@@H]3CC3(F)F)n2)cn1. The monoisotopic (exact) mass is 433 g/mol. The zero-order valence-corrected chi connectivity index (χ0v) is 17.2. The lowest BCUT2D eigenvalue weighted by Crippen LogP contribution is -2.56. The normalized spacial score (nSPS) is 27.3. The highest BCUT2D eigenvalue weighted by Gasteiger charge is 2.64. The van der Waals surface area contributed by atoms with Gasteiger partial charge in [-0.05, 0) is 25.8 Å². The van der Waals surface area contributed by atoms with Gasteiger partial charge in [0, 0.05) is 44.0 Å². The Balaban J connectivity index is 1.26. The molecule has 2 aromatic heterocycles. The number of rotatable bonds is 6. The molecule has 0 radical (unpaired) electrons. The third-order valence-corrected chi connectivity index (χ3v) is 6.17. The molecule has 2 N–H and O–H groups in total. The number of nitrogens with zero attached hydrogens (tertiary/aromatic N) is 6. The second-order valence-corrected chi connectivity index (χ2v) is 8.72. The van der Waals surface area contributed by atoms with Crippen LogP contribution in [-0.4, -0.2) is 72.9 Å². The Morgan fingerprint density at radius 2 is 2.06 bits per heavy atom. The molecule has 4 heterocycles. The van der Waals surface area contributed by atoms with Crippen molar-refractivity contribution in [1.29, 1.82) is 0 Å². The number of fused-ring (bicyclic) bond motifs is 2. The quantitative estimate of drug-likeness (QED) is 0.714. The number of hydrogen-bond donors (Lipinski definition) is 2. The van der Waals surface area contributed by atoms with E-state index in [2.05, 4.69) is 25.3 Å². The number of anilines is 3. The summed E-state index contributed by atoms with van der Waals surface area (Å²) < 4.78 is 28.4. The van der Waals surface area contributed by atoms with Gasteiger partial charge in [-0.1, -0.05) is 0 Å². The predicted molar refractivity (Wildman–Crippen MR) is 108 cm³/mol. The lowest BCUT2D eigenvalue weighted by Gasteiger charge is -2.41. The lowest BCUT2D eigenvalue weighted by atomic mass is 10.1. The topological polar surface area (TPSA) is 99.4 Å². The van der Waals surface area contributed by atoms with E-state index in [0.29, 0.717) is 31.3 Å². The van der Waals surface area contributed by atoms with Crippen molar-refractivity contribution in [2.24, 2.45) is 5.92 Å². The van der Waals surface area contributed by atoms with Crippen molar-refractivity contribution in [3.05, 3.63) is 24.7 Å². The summed E-state index contributed by atoms with van der Waals surface area (Å²) in [5.74, 6) is -3.21. The number of aliphatic hydroxyl groups is 1. The molecular formula is C20H25F2N7O2. The minimum absolute atomic E-state index is 0.0623. The first-order valence-electron chi connectivity index (χ1n) is 10.6. The highest BCUT2D eigenvalue weighted by molar-refractivity contribution is 5.84. The Bertz CT molecular complexity index is 968. The van der Waals surface area contributed by atoms with Gasteiger partial charge < -0.3 is 20.2 Å². The molecule has 11 heteroatoms. The number of hydrogen-bond acceptors (Lipinski definition) is 7. The Labute approximate surface area is 178 Å². The number of aromatic nitrogens is 4. The van der Waals surface area contributed by atoms with Crippen LogP contribution in [0.25, 0.3) is 0 Å². The Kier molecular flexibility index (Phi) is 4.80. The zero-order chi connectivity index (χ0) is 21.8. The van der Waals surface area contributed by atoms with E-state index in [9.17, 15) is 18.7 Å². The van der Waals surface area contributed by atoms with Crippen molar-refractivity contribution in [3.8, 4) is 0 Å². The summed E-state index contributed by atoms with van der Waals surface area (Å²) in [5.41, 5.74) is 0.707. The van der Waals surface area contributed by atoms with Crippen LogP contribution in [0.15, 0.2) is 24.7 Å². The van der Waals surface area contributed by atoms with Crippen molar-refractivity contribution in [3.63, 3.8) is 0 Å². The fourth-order valence-electron chi connectivity index (χ4n) is 4.62. The van der Waals surface area contributed by atoms with Crippen LogP contribution in [0.1, 0.15) is 26.2 Å². The third-order valence-electron chi connectivity index (χ3n) is 6.17. The summed E-state index contributed by atoms with van der Waals surface area (Å²) in [5, 5.41) is 16.8. The molecule has 4 atom stereocenters. The number of nitrogens with one attached hydrogen (secondary N) is 1. The van der Waals surface area contributed by atoms with Crippen LogP contribution in [0, 0.1) is 5.92 Å². The Morgan fingerprint density at radius 1 is 1.35 bits per heavy atom. The number of carbonyl (C=O) groups excluding carboxylic acids is 1. The van der Waals surface area contributed by atoms with E-state index < -0.39 is 23.9 Å². The highest BCUT2D eigenvalue weighted by Crippen LogP contribution is 2.51. The van der Waals surface area contributed by atoms with Gasteiger partial charge in [0.05, 0.1) is 24.5 Å². The maximum absolute atomic E-state index is 13.4. The van der Waals surface area contributed by atoms with Crippen LogP contribution in [0.3, 0.4) is 0 Å². The minimum atomic E-state index is -2.83. The van der Waals surface area contributed by atoms with Crippen molar-refractivity contribution in [2.45, 2.75) is 56.8 Å². The van der Waals surface area contributed by atoms with Gasteiger partial charge >= 0.3 is 0 Å². The lowest BCUT2D eigenvalue weighted by molar-refractivity contribution is -0.138. The molecule has 1 amide bonds. The first kappa shape index (κ1) is 20.1. The van der Waals surface area contributed by atoms with Crippen LogP contribution < -0.4 is 10.2 Å². The summed E-state index contributed by atoms with van der Waals surface area (Å²) in [6.45, 7) is 3.23. The van der Waals surface area contributed by atoms with E-state index in [1.807, 2.05) is 6.07 Å². The molecule has 9 nitrogen and oxygen atoms in total. The van der Waals surface area contributed by atoms with Gasteiger partial charge in [0.2, 0.25) is 11.9 Å². The number of alkyl halides is 2. The van der Waals surface area contributed by atoms with Crippen molar-refractivity contribution < 1.29 is 18.7 Å². The largest absolute Gasteiger partial charge is 0.391 e. The van der Waals surface area contributed by atoms with E-state index in [4.69, 9.17) is 0 Å². The molecule has 0 unspecified atom stereocenters. The average molecular weight is 433 g/mol. The summed E-state index contributed by atoms with van der Waals surface area (Å²) in [6, 6.07) is 1.69. The van der Waals surface area contributed by atoms with Crippen LogP contribution in [0.4, 0.5) is 26.2 Å². The fourth-order valence-corrected chi connectivity index (χ4v) is 4.62. The number of piperazine rings is 1. The summed E-state index contributed by atoms with van der Waals surface area (Å²) in [7, 11) is 0. The molecule has 2 bridgehead atoms. The van der Waals surface area contributed by atoms with Gasteiger partial charge in [-0.2, -0.15) is 10.1 Å². The minimum Gasteiger partial charge on any atom is -0.391 e. The number of amides is 1. The van der Waals surface area contributed by atoms with Gasteiger partial charge in [0.15, 0.2) is 0 Å². The molecule has 166 valence electrons.